The second kappa shape index (κ2) is 10.0. The van der Waals surface area contributed by atoms with Crippen molar-refractivity contribution in [2.24, 2.45) is 5.73 Å². The van der Waals surface area contributed by atoms with Crippen molar-refractivity contribution in [1.29, 1.82) is 0 Å². The highest BCUT2D eigenvalue weighted by Crippen LogP contribution is 2.31. The highest BCUT2D eigenvalue weighted by molar-refractivity contribution is 6.35. The van der Waals surface area contributed by atoms with Crippen LogP contribution in [-0.4, -0.2) is 24.7 Å². The summed E-state index contributed by atoms with van der Waals surface area (Å²) in [7, 11) is 1.66. The van der Waals surface area contributed by atoms with Crippen LogP contribution in [0.3, 0.4) is 0 Å². The van der Waals surface area contributed by atoms with Crippen molar-refractivity contribution in [2.75, 3.05) is 19.0 Å². The first-order valence-corrected chi connectivity index (χ1v) is 10.3. The number of aromatic nitrogens is 1. The maximum absolute atomic E-state index is 6.23. The van der Waals surface area contributed by atoms with Crippen molar-refractivity contribution in [1.82, 2.24) is 4.98 Å². The van der Waals surface area contributed by atoms with Crippen molar-refractivity contribution in [3.63, 3.8) is 0 Å². The van der Waals surface area contributed by atoms with Crippen LogP contribution in [0.5, 0.6) is 11.6 Å². The first-order valence-electron chi connectivity index (χ1n) is 9.52. The summed E-state index contributed by atoms with van der Waals surface area (Å²) in [6, 6.07) is 13.3. The van der Waals surface area contributed by atoms with Crippen molar-refractivity contribution in [2.45, 2.75) is 32.4 Å². The summed E-state index contributed by atoms with van der Waals surface area (Å²) in [4.78, 5) is 4.71. The number of fused-ring (bicyclic) bond motifs is 1. The quantitative estimate of drug-likeness (QED) is 0.454. The molecule has 0 aliphatic heterocycles. The van der Waals surface area contributed by atoms with Crippen LogP contribution < -0.4 is 20.5 Å². The molecule has 0 spiro atoms. The predicted octanol–water partition coefficient (Wildman–Crippen LogP) is 5.67. The van der Waals surface area contributed by atoms with Gasteiger partial charge in [-0.25, -0.2) is 4.98 Å². The molecule has 154 valence electrons. The normalized spacial score (nSPS) is 12.0. The molecule has 0 radical (unpaired) electrons. The Morgan fingerprint density at radius 1 is 1.14 bits per heavy atom. The van der Waals surface area contributed by atoms with Crippen LogP contribution in [0.1, 0.15) is 25.3 Å². The Hall–Kier alpha value is -2.21. The van der Waals surface area contributed by atoms with Gasteiger partial charge in [0.05, 0.1) is 18.3 Å². The molecule has 1 aromatic heterocycles. The number of rotatable bonds is 9. The molecule has 5 nitrogen and oxygen atoms in total. The smallest absolute Gasteiger partial charge is 0.214 e. The fourth-order valence-corrected chi connectivity index (χ4v) is 3.51. The molecule has 0 amide bonds. The summed E-state index contributed by atoms with van der Waals surface area (Å²) in [5, 5.41) is 5.65. The van der Waals surface area contributed by atoms with Gasteiger partial charge in [0, 0.05) is 39.2 Å². The zero-order valence-electron chi connectivity index (χ0n) is 16.5. The first kappa shape index (κ1) is 21.5. The number of halogens is 2. The van der Waals surface area contributed by atoms with Crippen LogP contribution >= 0.6 is 23.2 Å². The number of hydrogen-bond donors (Lipinski definition) is 2. The van der Waals surface area contributed by atoms with E-state index in [2.05, 4.69) is 12.2 Å². The van der Waals surface area contributed by atoms with E-state index in [1.54, 1.807) is 19.2 Å². The van der Waals surface area contributed by atoms with E-state index in [4.69, 9.17) is 43.4 Å². The van der Waals surface area contributed by atoms with E-state index in [-0.39, 0.29) is 6.04 Å². The lowest BCUT2D eigenvalue weighted by molar-refractivity contribution is 0.295. The van der Waals surface area contributed by atoms with Crippen LogP contribution in [-0.2, 0) is 6.61 Å². The third kappa shape index (κ3) is 5.66. The molecule has 1 heterocycles. The SMILES string of the molecule is COc1cc(NC(C)CCCN)c2nc(OCc3ccc(Cl)cc3Cl)ccc2c1. The van der Waals surface area contributed by atoms with Gasteiger partial charge in [0.2, 0.25) is 5.88 Å². The molecule has 3 rings (SSSR count). The molecule has 0 saturated carbocycles. The van der Waals surface area contributed by atoms with Gasteiger partial charge in [-0.05, 0) is 50.6 Å². The fourth-order valence-electron chi connectivity index (χ4n) is 3.05. The molecule has 0 saturated heterocycles. The molecule has 0 aliphatic carbocycles. The Labute approximate surface area is 181 Å². The zero-order valence-corrected chi connectivity index (χ0v) is 18.1. The van der Waals surface area contributed by atoms with Crippen LogP contribution in [0.25, 0.3) is 10.9 Å². The molecule has 0 aliphatic rings. The lowest BCUT2D eigenvalue weighted by Gasteiger charge is -2.18. The number of benzene rings is 2. The third-order valence-electron chi connectivity index (χ3n) is 4.61. The molecule has 7 heteroatoms. The number of nitrogens with two attached hydrogens (primary N) is 1. The Kier molecular flexibility index (Phi) is 7.42. The summed E-state index contributed by atoms with van der Waals surface area (Å²) in [5.74, 6) is 1.29. The Morgan fingerprint density at radius 3 is 2.69 bits per heavy atom. The maximum atomic E-state index is 6.23. The Morgan fingerprint density at radius 2 is 1.97 bits per heavy atom. The Bertz CT molecular complexity index is 982. The second-order valence-electron chi connectivity index (χ2n) is 6.90. The second-order valence-corrected chi connectivity index (χ2v) is 7.74. The van der Waals surface area contributed by atoms with Gasteiger partial charge < -0.3 is 20.5 Å². The van der Waals surface area contributed by atoms with E-state index in [0.717, 1.165) is 40.7 Å². The number of ether oxygens (including phenoxy) is 2. The van der Waals surface area contributed by atoms with Crippen LogP contribution in [0.4, 0.5) is 5.69 Å². The Balaban J connectivity index is 1.85. The van der Waals surface area contributed by atoms with Crippen LogP contribution in [0, 0.1) is 0 Å². The van der Waals surface area contributed by atoms with E-state index >= 15 is 0 Å². The van der Waals surface area contributed by atoms with Gasteiger partial charge in [0.25, 0.3) is 0 Å². The summed E-state index contributed by atoms with van der Waals surface area (Å²) < 4.78 is 11.3. The van der Waals surface area contributed by atoms with Crippen LogP contribution in [0.15, 0.2) is 42.5 Å². The van der Waals surface area contributed by atoms with Crippen molar-refractivity contribution < 1.29 is 9.47 Å². The predicted molar refractivity (Wildman–Crippen MR) is 120 cm³/mol. The minimum atomic E-state index is 0.258. The van der Waals surface area contributed by atoms with Crippen molar-refractivity contribution in [3.05, 3.63) is 58.1 Å². The number of anilines is 1. The monoisotopic (exact) mass is 433 g/mol. The fraction of sp³-hybridized carbons (Fsp3) is 0.318. The lowest BCUT2D eigenvalue weighted by Crippen LogP contribution is -2.17. The largest absolute Gasteiger partial charge is 0.497 e. The summed E-state index contributed by atoms with van der Waals surface area (Å²) in [6.07, 6.45) is 1.93. The van der Waals surface area contributed by atoms with Crippen molar-refractivity contribution >= 4 is 39.8 Å². The van der Waals surface area contributed by atoms with Gasteiger partial charge in [0.1, 0.15) is 12.4 Å². The molecule has 0 bridgehead atoms. The lowest BCUT2D eigenvalue weighted by atomic mass is 10.1. The number of nitrogens with one attached hydrogen (secondary N) is 1. The summed E-state index contributed by atoms with van der Waals surface area (Å²) in [6.45, 7) is 3.11. The summed E-state index contributed by atoms with van der Waals surface area (Å²) >= 11 is 12.2. The molecule has 0 fully saturated rings. The molecule has 1 unspecified atom stereocenters. The van der Waals surface area contributed by atoms with Crippen molar-refractivity contribution in [3.8, 4) is 11.6 Å². The summed E-state index contributed by atoms with van der Waals surface area (Å²) in [5.41, 5.74) is 8.21. The molecule has 1 atom stereocenters. The highest BCUT2D eigenvalue weighted by atomic mass is 35.5. The van der Waals surface area contributed by atoms with E-state index in [0.29, 0.717) is 29.1 Å². The molecular weight excluding hydrogens is 409 g/mol. The van der Waals surface area contributed by atoms with Crippen LogP contribution in [0.2, 0.25) is 10.0 Å². The van der Waals surface area contributed by atoms with Gasteiger partial charge in [0.15, 0.2) is 0 Å². The molecule has 3 N–H and O–H groups in total. The topological polar surface area (TPSA) is 69.4 Å². The minimum Gasteiger partial charge on any atom is -0.497 e. The van der Waals surface area contributed by atoms with E-state index in [9.17, 15) is 0 Å². The molecule has 2 aromatic carbocycles. The van der Waals surface area contributed by atoms with Gasteiger partial charge in [-0.2, -0.15) is 0 Å². The van der Waals surface area contributed by atoms with Gasteiger partial charge in [-0.15, -0.1) is 0 Å². The highest BCUT2D eigenvalue weighted by Gasteiger charge is 2.11. The number of nitrogens with zero attached hydrogens (tertiary/aromatic N) is 1. The molecular formula is C22H25Cl2N3O2. The first-order chi connectivity index (χ1) is 14.0. The van der Waals surface area contributed by atoms with E-state index in [1.165, 1.54) is 0 Å². The number of pyridine rings is 1. The minimum absolute atomic E-state index is 0.258. The average Bonchev–Trinajstić information content (AvgIpc) is 2.71. The molecule has 29 heavy (non-hydrogen) atoms. The molecule has 3 aromatic rings. The van der Waals surface area contributed by atoms with E-state index < -0.39 is 0 Å². The third-order valence-corrected chi connectivity index (χ3v) is 5.20. The number of hydrogen-bond acceptors (Lipinski definition) is 5. The average molecular weight is 434 g/mol. The maximum Gasteiger partial charge on any atom is 0.214 e. The van der Waals surface area contributed by atoms with E-state index in [1.807, 2.05) is 30.3 Å². The zero-order chi connectivity index (χ0) is 20.8. The number of methoxy groups -OCH3 is 1. The standard InChI is InChI=1S/C22H25Cl2N3O2/c1-14(4-3-9-25)26-20-12-18(28-2)10-15-6-8-21(27-22(15)20)29-13-16-5-7-17(23)11-19(16)24/h5-8,10-12,14,26H,3-4,9,13,25H2,1-2H3. The van der Waals surface area contributed by atoms with Gasteiger partial charge in [-0.1, -0.05) is 29.3 Å². The van der Waals surface area contributed by atoms with Gasteiger partial charge >= 0.3 is 0 Å². The van der Waals surface area contributed by atoms with Gasteiger partial charge in [-0.3, -0.25) is 0 Å².